The number of ether oxygens (including phenoxy) is 1. The van der Waals surface area contributed by atoms with E-state index in [1.54, 1.807) is 18.4 Å². The Balaban J connectivity index is 1.14. The summed E-state index contributed by atoms with van der Waals surface area (Å²) in [5.41, 5.74) is 0.970. The molecule has 0 radical (unpaired) electrons. The molecule has 0 atom stereocenters. The number of methoxy groups -OCH3 is 1. The summed E-state index contributed by atoms with van der Waals surface area (Å²) in [7, 11) is 1.68. The number of rotatable bonds is 4. The molecule has 1 aromatic heterocycles. The van der Waals surface area contributed by atoms with E-state index in [-0.39, 0.29) is 5.92 Å². The molecule has 2 saturated heterocycles. The zero-order valence-corrected chi connectivity index (χ0v) is 18.0. The summed E-state index contributed by atoms with van der Waals surface area (Å²) in [4.78, 5) is 24.7. The van der Waals surface area contributed by atoms with Crippen molar-refractivity contribution in [2.45, 2.75) is 38.1 Å². The molecule has 1 saturated carbocycles. The first kappa shape index (κ1) is 19.1. The Bertz CT molecular complexity index is 865. The van der Waals surface area contributed by atoms with E-state index in [4.69, 9.17) is 9.72 Å². The first-order valence-electron chi connectivity index (χ1n) is 10.9. The topological polar surface area (TPSA) is 48.9 Å². The Morgan fingerprint density at radius 2 is 1.86 bits per heavy atom. The van der Waals surface area contributed by atoms with Gasteiger partial charge in [0.05, 0.1) is 23.2 Å². The molecule has 3 heterocycles. The lowest BCUT2D eigenvalue weighted by Crippen LogP contribution is -2.59. The monoisotopic (exact) mass is 414 g/mol. The molecule has 1 aliphatic carbocycles. The molecule has 3 aliphatic rings. The molecule has 3 fully saturated rings. The second-order valence-corrected chi connectivity index (χ2v) is 9.59. The Morgan fingerprint density at radius 1 is 1.10 bits per heavy atom. The fraction of sp³-hybridized carbons (Fsp3) is 0.636. The minimum atomic E-state index is 0.123. The number of hydrogen-bond donors (Lipinski definition) is 0. The van der Waals surface area contributed by atoms with Gasteiger partial charge in [0.2, 0.25) is 5.91 Å². The van der Waals surface area contributed by atoms with E-state index < -0.39 is 0 Å². The normalized spacial score (nSPS) is 22.1. The van der Waals surface area contributed by atoms with Crippen LogP contribution in [0.4, 0.5) is 5.13 Å². The highest BCUT2D eigenvalue weighted by Gasteiger charge is 2.38. The number of fused-ring (bicyclic) bond motifs is 1. The van der Waals surface area contributed by atoms with Gasteiger partial charge >= 0.3 is 0 Å². The van der Waals surface area contributed by atoms with Gasteiger partial charge in [0.1, 0.15) is 5.75 Å². The molecule has 0 unspecified atom stereocenters. The standard InChI is InChI=1S/C22H30N4O2S/c1-28-18-7-8-20-19(13-18)23-22(29-20)26-14-16(15-26)21(27)25-11-9-24(10-12-25)17-5-3-2-4-6-17/h7-8,13,16-17H,2-6,9-12,14-15H2,1H3. The van der Waals surface area contributed by atoms with Crippen LogP contribution in [-0.4, -0.2) is 73.1 Å². The van der Waals surface area contributed by atoms with E-state index in [2.05, 4.69) is 20.8 Å². The fourth-order valence-electron chi connectivity index (χ4n) is 4.96. The lowest BCUT2D eigenvalue weighted by molar-refractivity contribution is -0.138. The van der Waals surface area contributed by atoms with Crippen LogP contribution in [0.3, 0.4) is 0 Å². The maximum absolute atomic E-state index is 12.9. The van der Waals surface area contributed by atoms with Gasteiger partial charge in [0.15, 0.2) is 5.13 Å². The van der Waals surface area contributed by atoms with Crippen molar-refractivity contribution in [2.75, 3.05) is 51.3 Å². The number of piperazine rings is 1. The Labute approximate surface area is 176 Å². The molecule has 2 aromatic rings. The summed E-state index contributed by atoms with van der Waals surface area (Å²) in [6.45, 7) is 5.47. The summed E-state index contributed by atoms with van der Waals surface area (Å²) in [5.74, 6) is 1.29. The predicted octanol–water partition coefficient (Wildman–Crippen LogP) is 3.22. The van der Waals surface area contributed by atoms with E-state index in [0.717, 1.165) is 66.4 Å². The smallest absolute Gasteiger partial charge is 0.229 e. The van der Waals surface area contributed by atoms with Gasteiger partial charge < -0.3 is 14.5 Å². The lowest BCUT2D eigenvalue weighted by atomic mass is 9.93. The number of aromatic nitrogens is 1. The maximum atomic E-state index is 12.9. The molecule has 7 heteroatoms. The lowest BCUT2D eigenvalue weighted by Gasteiger charge is -2.44. The first-order chi connectivity index (χ1) is 14.2. The van der Waals surface area contributed by atoms with Gasteiger partial charge in [-0.05, 0) is 25.0 Å². The van der Waals surface area contributed by atoms with Crippen molar-refractivity contribution in [1.82, 2.24) is 14.8 Å². The van der Waals surface area contributed by atoms with Gasteiger partial charge in [-0.3, -0.25) is 9.69 Å². The molecular weight excluding hydrogens is 384 g/mol. The molecule has 2 aliphatic heterocycles. The molecule has 6 nitrogen and oxygen atoms in total. The van der Waals surface area contributed by atoms with Crippen LogP contribution in [0.25, 0.3) is 10.2 Å². The Hall–Kier alpha value is -1.86. The van der Waals surface area contributed by atoms with Gasteiger partial charge in [-0.1, -0.05) is 30.6 Å². The second-order valence-electron chi connectivity index (χ2n) is 8.59. The number of anilines is 1. The minimum Gasteiger partial charge on any atom is -0.497 e. The molecule has 29 heavy (non-hydrogen) atoms. The van der Waals surface area contributed by atoms with Crippen LogP contribution in [0.15, 0.2) is 18.2 Å². The number of benzene rings is 1. The summed E-state index contributed by atoms with van der Waals surface area (Å²) in [6, 6.07) is 6.77. The highest BCUT2D eigenvalue weighted by atomic mass is 32.1. The number of hydrogen-bond acceptors (Lipinski definition) is 6. The molecular formula is C22H30N4O2S. The highest BCUT2D eigenvalue weighted by Crippen LogP contribution is 2.35. The number of nitrogens with zero attached hydrogens (tertiary/aromatic N) is 4. The van der Waals surface area contributed by atoms with E-state index >= 15 is 0 Å². The van der Waals surface area contributed by atoms with Gasteiger partial charge in [-0.2, -0.15) is 0 Å². The Kier molecular flexibility index (Phi) is 5.35. The summed E-state index contributed by atoms with van der Waals surface area (Å²) in [6.07, 6.45) is 6.84. The maximum Gasteiger partial charge on any atom is 0.229 e. The van der Waals surface area contributed by atoms with Crippen molar-refractivity contribution in [1.29, 1.82) is 0 Å². The minimum absolute atomic E-state index is 0.123. The van der Waals surface area contributed by atoms with Gasteiger partial charge in [-0.15, -0.1) is 0 Å². The van der Waals surface area contributed by atoms with Crippen LogP contribution in [0, 0.1) is 5.92 Å². The second kappa shape index (κ2) is 8.11. The van der Waals surface area contributed by atoms with Gasteiger partial charge in [-0.25, -0.2) is 4.98 Å². The van der Waals surface area contributed by atoms with Crippen LogP contribution in [0.5, 0.6) is 5.75 Å². The third-order valence-corrected chi connectivity index (χ3v) is 7.90. The van der Waals surface area contributed by atoms with E-state index in [0.29, 0.717) is 5.91 Å². The molecule has 1 amide bonds. The van der Waals surface area contributed by atoms with Crippen LogP contribution >= 0.6 is 11.3 Å². The van der Waals surface area contributed by atoms with Crippen molar-refractivity contribution in [3.05, 3.63) is 18.2 Å². The van der Waals surface area contributed by atoms with Crippen molar-refractivity contribution in [2.24, 2.45) is 5.92 Å². The number of carbonyl (C=O) groups is 1. The van der Waals surface area contributed by atoms with Crippen LogP contribution < -0.4 is 9.64 Å². The number of carbonyl (C=O) groups excluding carboxylic acids is 1. The third-order valence-electron chi connectivity index (χ3n) is 6.80. The fourth-order valence-corrected chi connectivity index (χ4v) is 5.92. The largest absolute Gasteiger partial charge is 0.497 e. The van der Waals surface area contributed by atoms with Gasteiger partial charge in [0.25, 0.3) is 0 Å². The molecule has 156 valence electrons. The summed E-state index contributed by atoms with van der Waals surface area (Å²) >= 11 is 1.69. The zero-order valence-electron chi connectivity index (χ0n) is 17.2. The van der Waals surface area contributed by atoms with E-state index in [9.17, 15) is 4.79 Å². The third kappa shape index (κ3) is 3.82. The number of thiazole rings is 1. The quantitative estimate of drug-likeness (QED) is 0.769. The predicted molar refractivity (Wildman–Crippen MR) is 117 cm³/mol. The average molecular weight is 415 g/mol. The molecule has 0 bridgehead atoms. The highest BCUT2D eigenvalue weighted by molar-refractivity contribution is 7.22. The van der Waals surface area contributed by atoms with Crippen molar-refractivity contribution < 1.29 is 9.53 Å². The number of amides is 1. The van der Waals surface area contributed by atoms with E-state index in [1.807, 2.05) is 12.1 Å². The van der Waals surface area contributed by atoms with Crippen molar-refractivity contribution in [3.8, 4) is 5.75 Å². The first-order valence-corrected chi connectivity index (χ1v) is 11.8. The summed E-state index contributed by atoms with van der Waals surface area (Å²) in [5, 5.41) is 1.01. The van der Waals surface area contributed by atoms with Gasteiger partial charge in [0, 0.05) is 51.4 Å². The molecule has 0 spiro atoms. The Morgan fingerprint density at radius 3 is 2.59 bits per heavy atom. The van der Waals surface area contributed by atoms with Crippen LogP contribution in [0.1, 0.15) is 32.1 Å². The van der Waals surface area contributed by atoms with Crippen molar-refractivity contribution in [3.63, 3.8) is 0 Å². The zero-order chi connectivity index (χ0) is 19.8. The SMILES string of the molecule is COc1ccc2sc(N3CC(C(=O)N4CCN(C5CCCCC5)CC4)C3)nc2c1. The molecule has 1 aromatic carbocycles. The van der Waals surface area contributed by atoms with Crippen LogP contribution in [-0.2, 0) is 4.79 Å². The molecule has 5 rings (SSSR count). The van der Waals surface area contributed by atoms with Crippen molar-refractivity contribution >= 4 is 32.6 Å². The van der Waals surface area contributed by atoms with Crippen LogP contribution in [0.2, 0.25) is 0 Å². The summed E-state index contributed by atoms with van der Waals surface area (Å²) < 4.78 is 6.45. The van der Waals surface area contributed by atoms with E-state index in [1.165, 1.54) is 32.1 Å². The molecule has 0 N–H and O–H groups in total. The average Bonchev–Trinajstić information content (AvgIpc) is 3.16.